The quantitative estimate of drug-likeness (QED) is 0.575. The third-order valence-electron chi connectivity index (χ3n) is 1.81. The summed E-state index contributed by atoms with van der Waals surface area (Å²) in [5.74, 6) is -1.19. The first kappa shape index (κ1) is 14.7. The molecule has 0 unspecified atom stereocenters. The average Bonchev–Trinajstić information content (AvgIpc) is 2.55. The maximum Gasteiger partial charge on any atom is 0.333 e. The van der Waals surface area contributed by atoms with Gasteiger partial charge in [-0.1, -0.05) is 0 Å². The highest BCUT2D eigenvalue weighted by atomic mass is 33.1. The Hall–Kier alpha value is -1.35. The molecule has 0 amide bonds. The second kappa shape index (κ2) is 6.01. The van der Waals surface area contributed by atoms with Crippen molar-refractivity contribution in [2.45, 2.75) is 12.8 Å². The molecule has 0 atom stereocenters. The zero-order valence-corrected chi connectivity index (χ0v) is 11.2. The molecule has 0 aromatic carbocycles. The number of nitrogens with zero attached hydrogens (tertiary/aromatic N) is 1. The number of rotatable bonds is 6. The van der Waals surface area contributed by atoms with Gasteiger partial charge in [-0.15, -0.1) is 4.73 Å². The SMILES string of the molecule is CS(=O)(=O)SCCCC(=O)On1c(O)ccc1O. The summed E-state index contributed by atoms with van der Waals surface area (Å²) in [4.78, 5) is 16.0. The minimum atomic E-state index is -3.11. The molecule has 0 radical (unpaired) electrons. The number of carbonyl (C=O) groups is 1. The van der Waals surface area contributed by atoms with Crippen LogP contribution >= 0.6 is 10.8 Å². The van der Waals surface area contributed by atoms with E-state index in [1.807, 2.05) is 0 Å². The van der Waals surface area contributed by atoms with Crippen molar-refractivity contribution >= 4 is 25.6 Å². The lowest BCUT2D eigenvalue weighted by Gasteiger charge is -2.06. The van der Waals surface area contributed by atoms with E-state index < -0.39 is 26.6 Å². The van der Waals surface area contributed by atoms with Crippen molar-refractivity contribution < 1.29 is 28.3 Å². The predicted molar refractivity (Wildman–Crippen MR) is 65.9 cm³/mol. The molecular weight excluding hydrogens is 282 g/mol. The van der Waals surface area contributed by atoms with Gasteiger partial charge in [0.05, 0.1) is 0 Å². The molecule has 0 spiro atoms. The minimum absolute atomic E-state index is 0.0143. The first-order valence-corrected chi connectivity index (χ1v) is 8.34. The molecule has 1 rings (SSSR count). The molecule has 0 saturated heterocycles. The molecule has 7 nitrogen and oxygen atoms in total. The van der Waals surface area contributed by atoms with Crippen molar-refractivity contribution in [3.8, 4) is 11.8 Å². The van der Waals surface area contributed by atoms with Crippen molar-refractivity contribution in [2.75, 3.05) is 12.0 Å². The predicted octanol–water partition coefficient (Wildman–Crippen LogP) is 0.327. The van der Waals surface area contributed by atoms with Crippen LogP contribution in [0.15, 0.2) is 12.1 Å². The zero-order chi connectivity index (χ0) is 13.8. The number of aromatic hydroxyl groups is 2. The van der Waals surface area contributed by atoms with Gasteiger partial charge < -0.3 is 15.1 Å². The van der Waals surface area contributed by atoms with E-state index >= 15 is 0 Å². The van der Waals surface area contributed by atoms with Crippen LogP contribution in [-0.2, 0) is 13.7 Å². The Morgan fingerprint density at radius 1 is 1.39 bits per heavy atom. The monoisotopic (exact) mass is 295 g/mol. The standard InChI is InChI=1S/C9H13NO6S2/c1-18(14,15)17-6-2-3-9(13)16-10-7(11)4-5-8(10)12/h4-5,11-12H,2-3,6H2,1H3. The van der Waals surface area contributed by atoms with Crippen molar-refractivity contribution in [2.24, 2.45) is 0 Å². The number of carbonyl (C=O) groups excluding carboxylic acids is 1. The van der Waals surface area contributed by atoms with E-state index in [0.717, 1.165) is 17.0 Å². The van der Waals surface area contributed by atoms with Gasteiger partial charge in [0, 0.05) is 30.6 Å². The van der Waals surface area contributed by atoms with Crippen molar-refractivity contribution in [1.82, 2.24) is 4.73 Å². The third kappa shape index (κ3) is 4.88. The largest absolute Gasteiger partial charge is 0.492 e. The first-order valence-electron chi connectivity index (χ1n) is 4.95. The van der Waals surface area contributed by atoms with E-state index in [2.05, 4.69) is 4.84 Å². The summed E-state index contributed by atoms with van der Waals surface area (Å²) in [5, 5.41) is 18.4. The molecule has 0 bridgehead atoms. The van der Waals surface area contributed by atoms with Gasteiger partial charge in [0.1, 0.15) is 0 Å². The van der Waals surface area contributed by atoms with E-state index in [0.29, 0.717) is 11.2 Å². The normalized spacial score (nSPS) is 11.4. The molecule has 1 heterocycles. The minimum Gasteiger partial charge on any atom is -0.492 e. The highest BCUT2D eigenvalue weighted by Gasteiger charge is 2.12. The van der Waals surface area contributed by atoms with Crippen LogP contribution in [0.5, 0.6) is 11.8 Å². The van der Waals surface area contributed by atoms with Crippen LogP contribution < -0.4 is 4.84 Å². The number of aromatic nitrogens is 1. The van der Waals surface area contributed by atoms with Crippen LogP contribution in [0.3, 0.4) is 0 Å². The summed E-state index contributed by atoms with van der Waals surface area (Å²) < 4.78 is 22.2. The van der Waals surface area contributed by atoms with Crippen LogP contribution in [-0.4, -0.2) is 41.3 Å². The Bertz CT molecular complexity index is 502. The molecule has 18 heavy (non-hydrogen) atoms. The van der Waals surface area contributed by atoms with Gasteiger partial charge in [-0.25, -0.2) is 13.2 Å². The summed E-state index contributed by atoms with van der Waals surface area (Å²) in [7, 11) is -2.36. The Kier molecular flexibility index (Phi) is 4.91. The van der Waals surface area contributed by atoms with Crippen LogP contribution in [0.1, 0.15) is 12.8 Å². The molecule has 0 aliphatic heterocycles. The number of hydrogen-bond acceptors (Lipinski definition) is 7. The summed E-state index contributed by atoms with van der Waals surface area (Å²) in [6, 6.07) is 2.34. The summed E-state index contributed by atoms with van der Waals surface area (Å²) in [5.41, 5.74) is 0. The fourth-order valence-electron chi connectivity index (χ4n) is 1.07. The van der Waals surface area contributed by atoms with Crippen molar-refractivity contribution in [1.29, 1.82) is 0 Å². The average molecular weight is 295 g/mol. The van der Waals surface area contributed by atoms with Crippen molar-refractivity contribution in [3.63, 3.8) is 0 Å². The van der Waals surface area contributed by atoms with E-state index in [9.17, 15) is 23.4 Å². The first-order chi connectivity index (χ1) is 8.29. The fourth-order valence-corrected chi connectivity index (χ4v) is 2.90. The molecule has 0 aliphatic carbocycles. The molecule has 0 saturated carbocycles. The summed E-state index contributed by atoms with van der Waals surface area (Å²) in [6.07, 6.45) is 1.39. The van der Waals surface area contributed by atoms with Crippen LogP contribution in [0.2, 0.25) is 0 Å². The van der Waals surface area contributed by atoms with Gasteiger partial charge in [-0.3, -0.25) is 0 Å². The third-order valence-corrected chi connectivity index (χ3v) is 4.48. The van der Waals surface area contributed by atoms with Gasteiger partial charge in [-0.2, -0.15) is 0 Å². The van der Waals surface area contributed by atoms with Crippen LogP contribution in [0.4, 0.5) is 0 Å². The summed E-state index contributed by atoms with van der Waals surface area (Å²) >= 11 is 0. The molecule has 1 aromatic heterocycles. The molecular formula is C9H13NO6S2. The maximum atomic E-state index is 11.3. The van der Waals surface area contributed by atoms with Crippen molar-refractivity contribution in [3.05, 3.63) is 12.1 Å². The maximum absolute atomic E-state index is 11.3. The van der Waals surface area contributed by atoms with Crippen LogP contribution in [0.25, 0.3) is 0 Å². The van der Waals surface area contributed by atoms with E-state index in [1.54, 1.807) is 0 Å². The van der Waals surface area contributed by atoms with Gasteiger partial charge in [0.25, 0.3) is 0 Å². The van der Waals surface area contributed by atoms with E-state index in [4.69, 9.17) is 0 Å². The molecule has 0 fully saturated rings. The second-order valence-electron chi connectivity index (χ2n) is 3.44. The second-order valence-corrected chi connectivity index (χ2v) is 8.01. The lowest BCUT2D eigenvalue weighted by molar-refractivity contribution is -0.145. The number of hydrogen-bond donors (Lipinski definition) is 2. The Labute approximate surface area is 108 Å². The topological polar surface area (TPSA) is 106 Å². The highest BCUT2D eigenvalue weighted by molar-refractivity contribution is 8.71. The Morgan fingerprint density at radius 2 is 1.94 bits per heavy atom. The fraction of sp³-hybridized carbons (Fsp3) is 0.444. The van der Waals surface area contributed by atoms with Gasteiger partial charge in [-0.05, 0) is 17.2 Å². The molecule has 1 aromatic rings. The zero-order valence-electron chi connectivity index (χ0n) is 9.57. The van der Waals surface area contributed by atoms with Gasteiger partial charge in [0.2, 0.25) is 11.8 Å². The molecule has 102 valence electrons. The van der Waals surface area contributed by atoms with E-state index in [-0.39, 0.29) is 12.2 Å². The molecule has 0 aliphatic rings. The molecule has 2 N–H and O–H groups in total. The lowest BCUT2D eigenvalue weighted by Crippen LogP contribution is -2.18. The Balaban J connectivity index is 2.35. The van der Waals surface area contributed by atoms with Gasteiger partial charge in [0.15, 0.2) is 8.87 Å². The van der Waals surface area contributed by atoms with Gasteiger partial charge >= 0.3 is 5.97 Å². The molecule has 9 heteroatoms. The smallest absolute Gasteiger partial charge is 0.333 e. The lowest BCUT2D eigenvalue weighted by atomic mass is 10.3. The van der Waals surface area contributed by atoms with E-state index in [1.165, 1.54) is 12.1 Å². The Morgan fingerprint density at radius 3 is 2.44 bits per heavy atom. The highest BCUT2D eigenvalue weighted by Crippen LogP contribution is 2.19. The summed E-state index contributed by atoms with van der Waals surface area (Å²) in [6.45, 7) is 0. The van der Waals surface area contributed by atoms with Crippen LogP contribution in [0, 0.1) is 0 Å².